The van der Waals surface area contributed by atoms with Crippen LogP contribution < -0.4 is 11.2 Å². The lowest BCUT2D eigenvalue weighted by molar-refractivity contribution is -0.0650. The summed E-state index contributed by atoms with van der Waals surface area (Å²) in [5.74, 6) is 5.55. The normalized spacial score (nSPS) is 26.7. The van der Waals surface area contributed by atoms with Gasteiger partial charge in [0, 0.05) is 12.3 Å². The van der Waals surface area contributed by atoms with Gasteiger partial charge in [-0.2, -0.15) is 0 Å². The molecule has 2 heterocycles. The van der Waals surface area contributed by atoms with Gasteiger partial charge in [0.1, 0.15) is 6.23 Å². The Morgan fingerprint density at radius 3 is 3.06 bits per heavy atom. The number of hydrogen-bond donors (Lipinski definition) is 2. The first kappa shape index (κ1) is 12.6. The lowest BCUT2D eigenvalue weighted by Gasteiger charge is -2.21. The van der Waals surface area contributed by atoms with E-state index in [1.54, 1.807) is 6.92 Å². The molecular weight excluding hydrogens is 236 g/mol. The maximum Gasteiger partial charge on any atom is 0.330 e. The third-order valence-corrected chi connectivity index (χ3v) is 2.93. The molecule has 0 aliphatic carbocycles. The van der Waals surface area contributed by atoms with Gasteiger partial charge in [-0.3, -0.25) is 14.3 Å². The summed E-state index contributed by atoms with van der Waals surface area (Å²) in [5.41, 5.74) is -1.88. The highest BCUT2D eigenvalue weighted by molar-refractivity contribution is 5.15. The van der Waals surface area contributed by atoms with Crippen molar-refractivity contribution in [3.63, 3.8) is 0 Å². The van der Waals surface area contributed by atoms with Gasteiger partial charge in [-0.15, -0.1) is 5.92 Å². The van der Waals surface area contributed by atoms with Gasteiger partial charge >= 0.3 is 5.69 Å². The summed E-state index contributed by atoms with van der Waals surface area (Å²) in [4.78, 5) is 24.8. The van der Waals surface area contributed by atoms with Crippen LogP contribution in [0.15, 0.2) is 21.9 Å². The van der Waals surface area contributed by atoms with Crippen molar-refractivity contribution in [3.8, 4) is 11.8 Å². The van der Waals surface area contributed by atoms with Gasteiger partial charge in [-0.1, -0.05) is 5.92 Å². The summed E-state index contributed by atoms with van der Waals surface area (Å²) in [7, 11) is 0. The first-order chi connectivity index (χ1) is 8.60. The number of H-pyrrole nitrogens is 1. The first-order valence-corrected chi connectivity index (χ1v) is 5.64. The fourth-order valence-electron chi connectivity index (χ4n) is 2.06. The predicted molar refractivity (Wildman–Crippen MR) is 63.9 cm³/mol. The molecule has 2 unspecified atom stereocenters. The molecule has 1 saturated heterocycles. The largest absolute Gasteiger partial charge is 0.392 e. The van der Waals surface area contributed by atoms with Gasteiger partial charge in [0.2, 0.25) is 0 Å². The van der Waals surface area contributed by atoms with Crippen molar-refractivity contribution in [3.05, 3.63) is 33.1 Å². The monoisotopic (exact) mass is 250 g/mol. The van der Waals surface area contributed by atoms with Crippen LogP contribution in [0, 0.1) is 11.8 Å². The summed E-state index contributed by atoms with van der Waals surface area (Å²) in [6, 6.07) is 1.26. The molecule has 0 aromatic carbocycles. The van der Waals surface area contributed by atoms with Crippen LogP contribution in [0.1, 0.15) is 26.0 Å². The van der Waals surface area contributed by atoms with Gasteiger partial charge in [0.05, 0.1) is 6.61 Å². The molecular formula is C12H14N2O4. The average molecular weight is 250 g/mol. The number of aromatic nitrogens is 2. The summed E-state index contributed by atoms with van der Waals surface area (Å²) >= 11 is 0. The van der Waals surface area contributed by atoms with Crippen LogP contribution in [0.2, 0.25) is 0 Å². The lowest BCUT2D eigenvalue weighted by atomic mass is 10.0. The van der Waals surface area contributed by atoms with Gasteiger partial charge < -0.3 is 9.84 Å². The molecule has 2 N–H and O–H groups in total. The number of aliphatic hydroxyl groups is 1. The topological polar surface area (TPSA) is 84.3 Å². The maximum atomic E-state index is 11.6. The van der Waals surface area contributed by atoms with E-state index in [2.05, 4.69) is 16.8 Å². The lowest BCUT2D eigenvalue weighted by Crippen LogP contribution is -2.35. The zero-order valence-corrected chi connectivity index (χ0v) is 9.97. The molecule has 1 aromatic heterocycles. The smallest absolute Gasteiger partial charge is 0.330 e. The Hall–Kier alpha value is -1.84. The maximum absolute atomic E-state index is 11.6. The molecule has 96 valence electrons. The van der Waals surface area contributed by atoms with Gasteiger partial charge in [0.15, 0.2) is 5.60 Å². The van der Waals surface area contributed by atoms with E-state index in [1.807, 2.05) is 0 Å². The minimum absolute atomic E-state index is 0.220. The Morgan fingerprint density at radius 2 is 2.44 bits per heavy atom. The van der Waals surface area contributed by atoms with E-state index in [-0.39, 0.29) is 6.61 Å². The molecule has 0 saturated carbocycles. The van der Waals surface area contributed by atoms with Gasteiger partial charge in [-0.25, -0.2) is 4.79 Å². The molecule has 6 nitrogen and oxygen atoms in total. The number of ether oxygens (including phenoxy) is 1. The highest BCUT2D eigenvalue weighted by Gasteiger charge is 2.39. The molecule has 0 radical (unpaired) electrons. The molecule has 0 spiro atoms. The Kier molecular flexibility index (Phi) is 3.36. The molecule has 6 heteroatoms. The number of nitrogens with one attached hydrogen (secondary N) is 1. The quantitative estimate of drug-likeness (QED) is 0.699. The van der Waals surface area contributed by atoms with Crippen molar-refractivity contribution in [2.45, 2.75) is 31.6 Å². The fourth-order valence-corrected chi connectivity index (χ4v) is 2.06. The summed E-state index contributed by atoms with van der Waals surface area (Å²) < 4.78 is 6.96. The second kappa shape index (κ2) is 4.80. The molecule has 2 atom stereocenters. The Labute approximate surface area is 103 Å². The Balaban J connectivity index is 2.30. The van der Waals surface area contributed by atoms with Gasteiger partial charge in [-0.05, 0) is 19.8 Å². The molecule has 1 aromatic rings. The van der Waals surface area contributed by atoms with Crippen LogP contribution in [0.3, 0.4) is 0 Å². The molecule has 2 rings (SSSR count). The Morgan fingerprint density at radius 1 is 1.67 bits per heavy atom. The van der Waals surface area contributed by atoms with Crippen molar-refractivity contribution >= 4 is 0 Å². The molecule has 1 fully saturated rings. The van der Waals surface area contributed by atoms with Crippen molar-refractivity contribution in [2.24, 2.45) is 0 Å². The van der Waals surface area contributed by atoms with Crippen LogP contribution in [0.25, 0.3) is 0 Å². The molecule has 0 amide bonds. The fraction of sp³-hybridized carbons (Fsp3) is 0.500. The number of nitrogens with zero attached hydrogens (tertiary/aromatic N) is 1. The zero-order valence-electron chi connectivity index (χ0n) is 9.97. The van der Waals surface area contributed by atoms with E-state index in [1.165, 1.54) is 16.8 Å². The van der Waals surface area contributed by atoms with E-state index in [0.717, 1.165) is 0 Å². The van der Waals surface area contributed by atoms with Crippen molar-refractivity contribution in [2.75, 3.05) is 6.61 Å². The van der Waals surface area contributed by atoms with E-state index in [0.29, 0.717) is 12.8 Å². The zero-order chi connectivity index (χ0) is 13.2. The van der Waals surface area contributed by atoms with Crippen molar-refractivity contribution < 1.29 is 9.84 Å². The standard InChI is InChI=1S/C12H14N2O4/c1-2-5-12(8-15)6-3-10(18-12)14-7-4-9(16)13-11(14)17/h4,7,10,15H,3,6,8H2,1H3,(H,13,16,17). The van der Waals surface area contributed by atoms with Gasteiger partial charge in [0.25, 0.3) is 5.56 Å². The van der Waals surface area contributed by atoms with Crippen molar-refractivity contribution in [1.29, 1.82) is 0 Å². The second-order valence-electron chi connectivity index (χ2n) is 4.16. The van der Waals surface area contributed by atoms with Crippen molar-refractivity contribution in [1.82, 2.24) is 9.55 Å². The first-order valence-electron chi connectivity index (χ1n) is 5.64. The van der Waals surface area contributed by atoms with E-state index < -0.39 is 23.1 Å². The summed E-state index contributed by atoms with van der Waals surface area (Å²) in [5, 5.41) is 9.35. The second-order valence-corrected chi connectivity index (χ2v) is 4.16. The predicted octanol–water partition coefficient (Wildman–Crippen LogP) is -0.400. The van der Waals surface area contributed by atoms with E-state index >= 15 is 0 Å². The number of aromatic amines is 1. The summed E-state index contributed by atoms with van der Waals surface area (Å²) in [6.45, 7) is 1.45. The molecule has 1 aliphatic rings. The van der Waals surface area contributed by atoms with Crippen LogP contribution in [-0.4, -0.2) is 26.9 Å². The highest BCUT2D eigenvalue weighted by atomic mass is 16.5. The Bertz CT molecular complexity index is 607. The third kappa shape index (κ3) is 2.23. The van der Waals surface area contributed by atoms with Crippen LogP contribution in [0.5, 0.6) is 0 Å². The number of aliphatic hydroxyl groups excluding tert-OH is 1. The summed E-state index contributed by atoms with van der Waals surface area (Å²) in [6.07, 6.45) is 1.97. The van der Waals surface area contributed by atoms with Crippen LogP contribution in [-0.2, 0) is 4.74 Å². The number of rotatable bonds is 2. The SMILES string of the molecule is CC#CC1(CO)CCC(n2ccc(=O)[nH]c2=O)O1. The molecule has 18 heavy (non-hydrogen) atoms. The molecule has 0 bridgehead atoms. The van der Waals surface area contributed by atoms with Crippen LogP contribution >= 0.6 is 0 Å². The van der Waals surface area contributed by atoms with E-state index in [9.17, 15) is 14.7 Å². The minimum Gasteiger partial charge on any atom is -0.392 e. The number of hydrogen-bond acceptors (Lipinski definition) is 4. The third-order valence-electron chi connectivity index (χ3n) is 2.93. The minimum atomic E-state index is -0.908. The average Bonchev–Trinajstić information content (AvgIpc) is 2.74. The highest BCUT2D eigenvalue weighted by Crippen LogP contribution is 2.34. The molecule has 1 aliphatic heterocycles. The van der Waals surface area contributed by atoms with E-state index in [4.69, 9.17) is 4.74 Å². The van der Waals surface area contributed by atoms with Crippen LogP contribution in [0.4, 0.5) is 0 Å².